The molecular weight excluding hydrogens is 347 g/mol. The standard InChI is InChI=1S/C21H19FN2O3/c1-12(2)26-17-10-16-18(9-14(17)11-23-3)27-20(19(16)21(25)24-4)13-5-7-15(22)8-6-13/h5-10,12H,11H2,1-2,4H3,(H,24,25). The molecule has 1 amide bonds. The van der Waals surface area contributed by atoms with E-state index in [0.29, 0.717) is 39.2 Å². The highest BCUT2D eigenvalue weighted by atomic mass is 19.1. The summed E-state index contributed by atoms with van der Waals surface area (Å²) < 4.78 is 25.1. The summed E-state index contributed by atoms with van der Waals surface area (Å²) in [6, 6.07) is 9.21. The monoisotopic (exact) mass is 366 g/mol. The summed E-state index contributed by atoms with van der Waals surface area (Å²) in [6.07, 6.45) is -0.0844. The number of carbonyl (C=O) groups is 1. The van der Waals surface area contributed by atoms with Crippen LogP contribution in [0.2, 0.25) is 0 Å². The molecule has 1 N–H and O–H groups in total. The van der Waals surface area contributed by atoms with E-state index in [1.807, 2.05) is 13.8 Å². The molecule has 0 saturated carbocycles. The van der Waals surface area contributed by atoms with E-state index in [-0.39, 0.29) is 24.4 Å². The van der Waals surface area contributed by atoms with Crippen molar-refractivity contribution >= 4 is 16.9 Å². The van der Waals surface area contributed by atoms with Crippen LogP contribution in [0, 0.1) is 12.4 Å². The van der Waals surface area contributed by atoms with Gasteiger partial charge in [0.15, 0.2) is 0 Å². The summed E-state index contributed by atoms with van der Waals surface area (Å²) in [7, 11) is 1.54. The van der Waals surface area contributed by atoms with Gasteiger partial charge in [0.2, 0.25) is 6.54 Å². The normalized spacial score (nSPS) is 10.8. The van der Waals surface area contributed by atoms with E-state index >= 15 is 0 Å². The Hall–Kier alpha value is -3.33. The van der Waals surface area contributed by atoms with Crippen molar-refractivity contribution in [2.75, 3.05) is 7.05 Å². The van der Waals surface area contributed by atoms with Crippen LogP contribution in [0.3, 0.4) is 0 Å². The Morgan fingerprint density at radius 2 is 2.00 bits per heavy atom. The molecule has 0 aliphatic carbocycles. The SMILES string of the molecule is [C-]#[N+]Cc1cc2oc(-c3ccc(F)cc3)c(C(=O)NC)c2cc1OC(C)C. The summed E-state index contributed by atoms with van der Waals surface area (Å²) in [4.78, 5) is 16.0. The number of ether oxygens (including phenoxy) is 1. The quantitative estimate of drug-likeness (QED) is 0.660. The third kappa shape index (κ3) is 3.63. The summed E-state index contributed by atoms with van der Waals surface area (Å²) in [6.45, 7) is 11.1. The van der Waals surface area contributed by atoms with Gasteiger partial charge in [0, 0.05) is 18.0 Å². The van der Waals surface area contributed by atoms with Crippen LogP contribution in [0.25, 0.3) is 27.1 Å². The average molecular weight is 366 g/mol. The second-order valence-corrected chi connectivity index (χ2v) is 6.33. The molecule has 5 nitrogen and oxygen atoms in total. The maximum Gasteiger partial charge on any atom is 0.255 e. The van der Waals surface area contributed by atoms with Crippen molar-refractivity contribution in [2.24, 2.45) is 0 Å². The molecule has 138 valence electrons. The molecule has 3 rings (SSSR count). The molecule has 27 heavy (non-hydrogen) atoms. The van der Waals surface area contributed by atoms with Crippen molar-refractivity contribution in [3.05, 3.63) is 64.8 Å². The molecule has 0 saturated heterocycles. The zero-order chi connectivity index (χ0) is 19.6. The summed E-state index contributed by atoms with van der Waals surface area (Å²) >= 11 is 0. The Morgan fingerprint density at radius 3 is 2.59 bits per heavy atom. The zero-order valence-corrected chi connectivity index (χ0v) is 15.3. The van der Waals surface area contributed by atoms with Crippen LogP contribution in [0.4, 0.5) is 4.39 Å². The van der Waals surface area contributed by atoms with Gasteiger partial charge in [-0.3, -0.25) is 4.79 Å². The minimum Gasteiger partial charge on any atom is -0.490 e. The molecular formula is C21H19FN2O3. The second kappa shape index (κ2) is 7.50. The number of amides is 1. The first-order chi connectivity index (χ1) is 12.9. The smallest absolute Gasteiger partial charge is 0.255 e. The zero-order valence-electron chi connectivity index (χ0n) is 15.3. The molecule has 1 heterocycles. The van der Waals surface area contributed by atoms with Gasteiger partial charge >= 0.3 is 0 Å². The van der Waals surface area contributed by atoms with Crippen molar-refractivity contribution in [1.82, 2.24) is 5.32 Å². The first-order valence-electron chi connectivity index (χ1n) is 8.52. The van der Waals surface area contributed by atoms with Crippen LogP contribution in [0.1, 0.15) is 29.8 Å². The number of furan rings is 1. The average Bonchev–Trinajstić information content (AvgIpc) is 3.00. The molecule has 0 bridgehead atoms. The van der Waals surface area contributed by atoms with Crippen LogP contribution in [0.15, 0.2) is 40.8 Å². The van der Waals surface area contributed by atoms with Crippen molar-refractivity contribution in [3.63, 3.8) is 0 Å². The van der Waals surface area contributed by atoms with Gasteiger partial charge in [-0.05, 0) is 50.2 Å². The van der Waals surface area contributed by atoms with E-state index < -0.39 is 0 Å². The van der Waals surface area contributed by atoms with Gasteiger partial charge in [-0.15, -0.1) is 0 Å². The van der Waals surface area contributed by atoms with E-state index in [4.69, 9.17) is 15.7 Å². The van der Waals surface area contributed by atoms with Crippen molar-refractivity contribution in [2.45, 2.75) is 26.5 Å². The van der Waals surface area contributed by atoms with E-state index in [0.717, 1.165) is 0 Å². The van der Waals surface area contributed by atoms with Gasteiger partial charge in [-0.2, -0.15) is 0 Å². The molecule has 0 unspecified atom stereocenters. The third-order valence-electron chi connectivity index (χ3n) is 4.04. The number of benzene rings is 2. The molecule has 0 aliphatic rings. The number of halogens is 1. The number of hydrogen-bond donors (Lipinski definition) is 1. The van der Waals surface area contributed by atoms with Crippen LogP contribution >= 0.6 is 0 Å². The predicted octanol–water partition coefficient (Wildman–Crippen LogP) is 4.80. The van der Waals surface area contributed by atoms with Crippen LogP contribution in [0.5, 0.6) is 5.75 Å². The summed E-state index contributed by atoms with van der Waals surface area (Å²) in [5.74, 6) is 0.203. The number of nitrogens with one attached hydrogen (secondary N) is 1. The number of hydrogen-bond acceptors (Lipinski definition) is 3. The van der Waals surface area contributed by atoms with E-state index in [9.17, 15) is 9.18 Å². The topological polar surface area (TPSA) is 55.8 Å². The second-order valence-electron chi connectivity index (χ2n) is 6.33. The molecule has 2 aromatic carbocycles. The van der Waals surface area contributed by atoms with E-state index in [1.54, 1.807) is 24.3 Å². The number of fused-ring (bicyclic) bond motifs is 1. The Balaban J connectivity index is 2.28. The van der Waals surface area contributed by atoms with E-state index in [2.05, 4.69) is 10.2 Å². The molecule has 0 spiro atoms. The highest BCUT2D eigenvalue weighted by molar-refractivity contribution is 6.11. The van der Waals surface area contributed by atoms with Crippen LogP contribution in [-0.2, 0) is 6.54 Å². The van der Waals surface area contributed by atoms with Gasteiger partial charge in [0.25, 0.3) is 5.91 Å². The van der Waals surface area contributed by atoms with Crippen LogP contribution in [-0.4, -0.2) is 19.1 Å². The highest BCUT2D eigenvalue weighted by Crippen LogP contribution is 2.37. The van der Waals surface area contributed by atoms with Gasteiger partial charge in [-0.25, -0.2) is 11.0 Å². The largest absolute Gasteiger partial charge is 0.490 e. The maximum atomic E-state index is 13.3. The lowest BCUT2D eigenvalue weighted by Gasteiger charge is -2.12. The maximum absolute atomic E-state index is 13.3. The molecule has 0 aliphatic heterocycles. The Labute approximate surface area is 156 Å². The van der Waals surface area contributed by atoms with Crippen molar-refractivity contribution in [3.8, 4) is 17.1 Å². The third-order valence-corrected chi connectivity index (χ3v) is 4.04. The van der Waals surface area contributed by atoms with Crippen LogP contribution < -0.4 is 10.1 Å². The fourth-order valence-electron chi connectivity index (χ4n) is 2.89. The van der Waals surface area contributed by atoms with Crippen molar-refractivity contribution < 1.29 is 18.3 Å². The molecule has 0 radical (unpaired) electrons. The van der Waals surface area contributed by atoms with Gasteiger partial charge in [0.1, 0.15) is 22.9 Å². The number of rotatable bonds is 5. The minimum atomic E-state index is -0.372. The summed E-state index contributed by atoms with van der Waals surface area (Å²) in [5, 5.41) is 3.20. The fourth-order valence-corrected chi connectivity index (χ4v) is 2.89. The Bertz CT molecular complexity index is 1030. The Morgan fingerprint density at radius 1 is 1.30 bits per heavy atom. The molecule has 6 heteroatoms. The molecule has 1 aromatic heterocycles. The number of nitrogens with zero attached hydrogens (tertiary/aromatic N) is 1. The molecule has 0 atom stereocenters. The highest BCUT2D eigenvalue weighted by Gasteiger charge is 2.24. The number of carbonyl (C=O) groups excluding carboxylic acids is 1. The predicted molar refractivity (Wildman–Crippen MR) is 101 cm³/mol. The van der Waals surface area contributed by atoms with E-state index in [1.165, 1.54) is 19.2 Å². The fraction of sp³-hybridized carbons (Fsp3) is 0.238. The van der Waals surface area contributed by atoms with Gasteiger partial charge in [0.05, 0.1) is 17.2 Å². The first kappa shape index (κ1) is 18.5. The molecule has 3 aromatic rings. The Kier molecular flexibility index (Phi) is 5.13. The van der Waals surface area contributed by atoms with Gasteiger partial charge < -0.3 is 19.3 Å². The lowest BCUT2D eigenvalue weighted by Crippen LogP contribution is -2.18. The lowest BCUT2D eigenvalue weighted by atomic mass is 10.0. The van der Waals surface area contributed by atoms with Crippen molar-refractivity contribution in [1.29, 1.82) is 0 Å². The lowest BCUT2D eigenvalue weighted by molar-refractivity contribution is 0.0964. The van der Waals surface area contributed by atoms with Gasteiger partial charge in [-0.1, -0.05) is 0 Å². The molecule has 0 fully saturated rings. The summed E-state index contributed by atoms with van der Waals surface area (Å²) in [5.41, 5.74) is 2.10. The first-order valence-corrected chi connectivity index (χ1v) is 8.52. The minimum absolute atomic E-state index is 0.0844.